The number of nitrogens with one attached hydrogen (secondary N) is 1. The Labute approximate surface area is 225 Å². The van der Waals surface area contributed by atoms with Gasteiger partial charge in [0.25, 0.3) is 11.8 Å². The molecule has 202 valence electrons. The lowest BCUT2D eigenvalue weighted by molar-refractivity contribution is -0.137. The molecule has 38 heavy (non-hydrogen) atoms. The van der Waals surface area contributed by atoms with Gasteiger partial charge in [-0.1, -0.05) is 25.1 Å². The first-order valence-electron chi connectivity index (χ1n) is 13.6. The predicted octanol–water partition coefficient (Wildman–Crippen LogP) is 3.37. The van der Waals surface area contributed by atoms with Gasteiger partial charge in [0, 0.05) is 49.4 Å². The SMILES string of the molecule is CCN(CC)c1ccc(C(=O)NCCC(C)CC(=O)N2CCC3C2C(=O)CN3C(=O)c2ccccc2)cc1. The molecule has 2 aromatic rings. The van der Waals surface area contributed by atoms with Crippen molar-refractivity contribution in [1.82, 2.24) is 15.1 Å². The van der Waals surface area contributed by atoms with E-state index < -0.39 is 6.04 Å². The van der Waals surface area contributed by atoms with E-state index in [9.17, 15) is 19.2 Å². The number of ketones is 1. The lowest BCUT2D eigenvalue weighted by atomic mass is 10.0. The minimum Gasteiger partial charge on any atom is -0.372 e. The molecule has 0 aromatic heterocycles. The zero-order chi connectivity index (χ0) is 27.2. The molecule has 0 saturated carbocycles. The molecule has 0 bridgehead atoms. The number of fused-ring (bicyclic) bond motifs is 1. The summed E-state index contributed by atoms with van der Waals surface area (Å²) in [5.41, 5.74) is 2.26. The van der Waals surface area contributed by atoms with Gasteiger partial charge < -0.3 is 20.0 Å². The molecular formula is C30H38N4O4. The van der Waals surface area contributed by atoms with E-state index in [1.54, 1.807) is 34.1 Å². The van der Waals surface area contributed by atoms with Crippen LogP contribution >= 0.6 is 0 Å². The van der Waals surface area contributed by atoms with E-state index >= 15 is 0 Å². The number of hydrogen-bond acceptors (Lipinski definition) is 5. The summed E-state index contributed by atoms with van der Waals surface area (Å²) in [5.74, 6) is -0.377. The smallest absolute Gasteiger partial charge is 0.254 e. The number of anilines is 1. The van der Waals surface area contributed by atoms with Gasteiger partial charge in [-0.05, 0) is 69.0 Å². The van der Waals surface area contributed by atoms with Crippen LogP contribution in [0.15, 0.2) is 54.6 Å². The Morgan fingerprint density at radius 3 is 2.32 bits per heavy atom. The molecule has 0 aliphatic carbocycles. The normalized spacial score (nSPS) is 19.3. The van der Waals surface area contributed by atoms with Crippen LogP contribution < -0.4 is 10.2 Å². The number of amides is 3. The minimum absolute atomic E-state index is 0.0460. The molecule has 2 aromatic carbocycles. The zero-order valence-corrected chi connectivity index (χ0v) is 22.6. The van der Waals surface area contributed by atoms with Crippen LogP contribution in [0.4, 0.5) is 5.69 Å². The first kappa shape index (κ1) is 27.4. The number of Topliss-reactive ketones (excluding diaryl/α,β-unsaturated/α-hetero) is 1. The Hall–Kier alpha value is -3.68. The first-order valence-corrected chi connectivity index (χ1v) is 13.6. The topological polar surface area (TPSA) is 90.0 Å². The summed E-state index contributed by atoms with van der Waals surface area (Å²) in [5, 5.41) is 2.95. The summed E-state index contributed by atoms with van der Waals surface area (Å²) >= 11 is 0. The minimum atomic E-state index is -0.554. The number of benzene rings is 2. The van der Waals surface area contributed by atoms with Gasteiger partial charge in [-0.25, -0.2) is 0 Å². The van der Waals surface area contributed by atoms with Crippen LogP contribution in [0.3, 0.4) is 0 Å². The molecule has 2 saturated heterocycles. The van der Waals surface area contributed by atoms with Gasteiger partial charge in [0.1, 0.15) is 6.04 Å². The lowest BCUT2D eigenvalue weighted by Gasteiger charge is -2.25. The van der Waals surface area contributed by atoms with E-state index in [-0.39, 0.29) is 42.0 Å². The van der Waals surface area contributed by atoms with Crippen molar-refractivity contribution in [2.75, 3.05) is 37.6 Å². The number of nitrogens with zero attached hydrogens (tertiary/aromatic N) is 3. The zero-order valence-electron chi connectivity index (χ0n) is 22.6. The van der Waals surface area contributed by atoms with Crippen LogP contribution in [-0.2, 0) is 9.59 Å². The van der Waals surface area contributed by atoms with E-state index in [2.05, 4.69) is 24.1 Å². The maximum Gasteiger partial charge on any atom is 0.254 e. The third kappa shape index (κ3) is 5.90. The van der Waals surface area contributed by atoms with Gasteiger partial charge >= 0.3 is 0 Å². The van der Waals surface area contributed by atoms with Gasteiger partial charge in [0.2, 0.25) is 5.91 Å². The second-order valence-electron chi connectivity index (χ2n) is 10.2. The van der Waals surface area contributed by atoms with Gasteiger partial charge in [0.15, 0.2) is 5.78 Å². The van der Waals surface area contributed by atoms with Crippen molar-refractivity contribution in [2.24, 2.45) is 5.92 Å². The van der Waals surface area contributed by atoms with Gasteiger partial charge in [0.05, 0.1) is 12.6 Å². The number of likely N-dealkylation sites (tertiary alicyclic amines) is 2. The average molecular weight is 519 g/mol. The summed E-state index contributed by atoms with van der Waals surface area (Å²) in [6, 6.07) is 15.7. The summed E-state index contributed by atoms with van der Waals surface area (Å²) < 4.78 is 0. The second-order valence-corrected chi connectivity index (χ2v) is 10.2. The number of hydrogen-bond donors (Lipinski definition) is 1. The van der Waals surface area contributed by atoms with Crippen molar-refractivity contribution in [2.45, 2.75) is 52.1 Å². The highest BCUT2D eigenvalue weighted by atomic mass is 16.2. The highest BCUT2D eigenvalue weighted by molar-refractivity contribution is 6.02. The standard InChI is InChI=1S/C30H38N4O4/c1-4-32(5-2)24-13-11-22(12-14-24)29(37)31-17-15-21(3)19-27(36)33-18-16-25-28(33)26(35)20-34(25)30(38)23-9-7-6-8-10-23/h6-14,21,25,28H,4-5,15-20H2,1-3H3,(H,31,37). The van der Waals surface area contributed by atoms with Crippen LogP contribution in [0, 0.1) is 5.92 Å². The third-order valence-electron chi connectivity index (χ3n) is 7.73. The molecule has 2 aliphatic rings. The highest BCUT2D eigenvalue weighted by Gasteiger charge is 2.51. The summed E-state index contributed by atoms with van der Waals surface area (Å²) in [4.78, 5) is 57.0. The molecule has 3 amide bonds. The van der Waals surface area contributed by atoms with Crippen molar-refractivity contribution in [3.8, 4) is 0 Å². The van der Waals surface area contributed by atoms with Crippen molar-refractivity contribution in [3.63, 3.8) is 0 Å². The largest absolute Gasteiger partial charge is 0.372 e. The van der Waals surface area contributed by atoms with Gasteiger partial charge in [-0.3, -0.25) is 19.2 Å². The molecule has 8 nitrogen and oxygen atoms in total. The molecule has 1 N–H and O–H groups in total. The molecule has 3 unspecified atom stereocenters. The van der Waals surface area contributed by atoms with Crippen molar-refractivity contribution in [3.05, 3.63) is 65.7 Å². The fraction of sp³-hybridized carbons (Fsp3) is 0.467. The maximum absolute atomic E-state index is 13.1. The van der Waals surface area contributed by atoms with E-state index in [4.69, 9.17) is 0 Å². The Balaban J connectivity index is 1.25. The molecule has 4 rings (SSSR count). The lowest BCUT2D eigenvalue weighted by Crippen LogP contribution is -2.44. The van der Waals surface area contributed by atoms with E-state index in [1.165, 1.54) is 0 Å². The summed E-state index contributed by atoms with van der Waals surface area (Å²) in [6.07, 6.45) is 1.57. The van der Waals surface area contributed by atoms with Crippen LogP contribution in [0.1, 0.15) is 60.7 Å². The van der Waals surface area contributed by atoms with Crippen molar-refractivity contribution >= 4 is 29.2 Å². The second kappa shape index (κ2) is 12.2. The third-order valence-corrected chi connectivity index (χ3v) is 7.73. The van der Waals surface area contributed by atoms with Crippen LogP contribution in [0.2, 0.25) is 0 Å². The van der Waals surface area contributed by atoms with Gasteiger partial charge in [-0.15, -0.1) is 0 Å². The number of carbonyl (C=O) groups excluding carboxylic acids is 4. The fourth-order valence-corrected chi connectivity index (χ4v) is 5.58. The molecule has 0 spiro atoms. The van der Waals surface area contributed by atoms with E-state index in [1.807, 2.05) is 37.3 Å². The Kier molecular flexibility index (Phi) is 8.81. The molecule has 2 fully saturated rings. The fourth-order valence-electron chi connectivity index (χ4n) is 5.58. The van der Waals surface area contributed by atoms with E-state index in [0.717, 1.165) is 18.8 Å². The van der Waals surface area contributed by atoms with Gasteiger partial charge in [-0.2, -0.15) is 0 Å². The highest BCUT2D eigenvalue weighted by Crippen LogP contribution is 2.32. The monoisotopic (exact) mass is 518 g/mol. The maximum atomic E-state index is 13.1. The Morgan fingerprint density at radius 2 is 1.66 bits per heavy atom. The molecular weight excluding hydrogens is 480 g/mol. The van der Waals surface area contributed by atoms with Crippen molar-refractivity contribution < 1.29 is 19.2 Å². The molecule has 3 atom stereocenters. The quantitative estimate of drug-likeness (QED) is 0.521. The number of rotatable bonds is 10. The average Bonchev–Trinajstić information content (AvgIpc) is 3.51. The van der Waals surface area contributed by atoms with Crippen LogP contribution in [0.25, 0.3) is 0 Å². The van der Waals surface area contributed by atoms with Crippen LogP contribution in [-0.4, -0.2) is 78.1 Å². The summed E-state index contributed by atoms with van der Waals surface area (Å²) in [6.45, 7) is 9.01. The predicted molar refractivity (Wildman–Crippen MR) is 147 cm³/mol. The molecule has 2 aliphatic heterocycles. The van der Waals surface area contributed by atoms with Crippen molar-refractivity contribution in [1.29, 1.82) is 0 Å². The van der Waals surface area contributed by atoms with Crippen LogP contribution in [0.5, 0.6) is 0 Å². The van der Waals surface area contributed by atoms with E-state index in [0.29, 0.717) is 43.5 Å². The molecule has 0 radical (unpaired) electrons. The molecule has 8 heteroatoms. The Bertz CT molecular complexity index is 1150. The first-order chi connectivity index (χ1) is 18.3. The molecule has 2 heterocycles. The Morgan fingerprint density at radius 1 is 0.974 bits per heavy atom. The summed E-state index contributed by atoms with van der Waals surface area (Å²) in [7, 11) is 0. The number of carbonyl (C=O) groups is 4.